The van der Waals surface area contributed by atoms with Crippen molar-refractivity contribution in [1.29, 1.82) is 0 Å². The average molecular weight is 345 g/mol. The van der Waals surface area contributed by atoms with Gasteiger partial charge < -0.3 is 9.15 Å². The maximum Gasteiger partial charge on any atom is 0.322 e. The van der Waals surface area contributed by atoms with Gasteiger partial charge in [0.1, 0.15) is 5.75 Å². The molecule has 1 N–H and O–H groups in total. The quantitative estimate of drug-likeness (QED) is 0.601. The molecule has 0 saturated carbocycles. The molecule has 1 heterocycles. The van der Waals surface area contributed by atoms with Crippen LogP contribution in [0.15, 0.2) is 71.1 Å². The summed E-state index contributed by atoms with van der Waals surface area (Å²) in [7, 11) is 1.53. The van der Waals surface area contributed by atoms with E-state index in [-0.39, 0.29) is 11.9 Å². The number of benzene rings is 3. The van der Waals surface area contributed by atoms with Gasteiger partial charge in [0.25, 0.3) is 5.91 Å². The molecule has 6 heteroatoms. The summed E-state index contributed by atoms with van der Waals surface area (Å²) in [6, 6.07) is 20.7. The van der Waals surface area contributed by atoms with Gasteiger partial charge in [0.05, 0.1) is 12.7 Å². The fraction of sp³-hybridized carbons (Fsp3) is 0.0500. The van der Waals surface area contributed by atoms with Crippen LogP contribution in [0.1, 0.15) is 10.4 Å². The van der Waals surface area contributed by atoms with E-state index >= 15 is 0 Å². The molecule has 0 unspecified atom stereocenters. The Morgan fingerprint density at radius 1 is 0.962 bits per heavy atom. The lowest BCUT2D eigenvalue weighted by Crippen LogP contribution is -2.13. The smallest absolute Gasteiger partial charge is 0.322 e. The molecule has 0 atom stereocenters. The number of amides is 1. The van der Waals surface area contributed by atoms with Crippen molar-refractivity contribution in [3.05, 3.63) is 72.3 Å². The zero-order valence-electron chi connectivity index (χ0n) is 14.0. The Labute approximate surface area is 149 Å². The predicted octanol–water partition coefficient (Wildman–Crippen LogP) is 4.15. The van der Waals surface area contributed by atoms with Crippen molar-refractivity contribution in [2.45, 2.75) is 0 Å². The molecule has 0 bridgehead atoms. The number of carbonyl (C=O) groups excluding carboxylic acids is 1. The van der Waals surface area contributed by atoms with Gasteiger partial charge in [0, 0.05) is 5.56 Å². The first-order chi connectivity index (χ1) is 12.7. The summed E-state index contributed by atoms with van der Waals surface area (Å²) in [6.07, 6.45) is 0. The van der Waals surface area contributed by atoms with E-state index in [1.807, 2.05) is 60.7 Å². The van der Waals surface area contributed by atoms with Gasteiger partial charge in [-0.25, -0.2) is 0 Å². The molecule has 4 rings (SSSR count). The minimum atomic E-state index is -0.379. The van der Waals surface area contributed by atoms with Crippen LogP contribution in [0, 0.1) is 0 Å². The normalized spacial score (nSPS) is 10.7. The molecule has 0 saturated heterocycles. The van der Waals surface area contributed by atoms with E-state index < -0.39 is 0 Å². The van der Waals surface area contributed by atoms with Crippen LogP contribution in [0.5, 0.6) is 5.75 Å². The van der Waals surface area contributed by atoms with Crippen LogP contribution < -0.4 is 10.1 Å². The summed E-state index contributed by atoms with van der Waals surface area (Å²) < 4.78 is 10.9. The third kappa shape index (κ3) is 3.00. The molecule has 26 heavy (non-hydrogen) atoms. The Bertz CT molecular complexity index is 1070. The van der Waals surface area contributed by atoms with E-state index in [0.29, 0.717) is 17.2 Å². The van der Waals surface area contributed by atoms with Crippen molar-refractivity contribution in [3.63, 3.8) is 0 Å². The molecule has 0 radical (unpaired) electrons. The molecule has 3 aromatic carbocycles. The van der Waals surface area contributed by atoms with E-state index in [1.165, 1.54) is 7.11 Å². The Kier molecular flexibility index (Phi) is 4.07. The van der Waals surface area contributed by atoms with Gasteiger partial charge in [-0.15, -0.1) is 5.10 Å². The SMILES string of the molecule is COc1cc2ccccc2cc1C(=O)Nc1nnc(-c2ccccc2)o1. The largest absolute Gasteiger partial charge is 0.496 e. The van der Waals surface area contributed by atoms with Gasteiger partial charge in [0.15, 0.2) is 0 Å². The maximum absolute atomic E-state index is 12.7. The standard InChI is InChI=1S/C20H15N3O3/c1-25-17-12-15-10-6-5-9-14(15)11-16(17)18(24)21-20-23-22-19(26-20)13-7-3-2-4-8-13/h2-12H,1H3,(H,21,23,24). The second kappa shape index (κ2) is 6.68. The fourth-order valence-corrected chi connectivity index (χ4v) is 2.70. The summed E-state index contributed by atoms with van der Waals surface area (Å²) in [5.41, 5.74) is 1.18. The van der Waals surface area contributed by atoms with E-state index in [1.54, 1.807) is 6.07 Å². The number of anilines is 1. The number of nitrogens with one attached hydrogen (secondary N) is 1. The third-order valence-electron chi connectivity index (χ3n) is 3.98. The summed E-state index contributed by atoms with van der Waals surface area (Å²) in [5, 5.41) is 12.4. The first-order valence-corrected chi connectivity index (χ1v) is 8.01. The van der Waals surface area contributed by atoms with Crippen LogP contribution in [-0.4, -0.2) is 23.2 Å². The molecule has 6 nitrogen and oxygen atoms in total. The monoisotopic (exact) mass is 345 g/mol. The highest BCUT2D eigenvalue weighted by Gasteiger charge is 2.17. The third-order valence-corrected chi connectivity index (χ3v) is 3.98. The van der Waals surface area contributed by atoms with Crippen molar-refractivity contribution in [2.75, 3.05) is 12.4 Å². The zero-order chi connectivity index (χ0) is 17.9. The van der Waals surface area contributed by atoms with Crippen molar-refractivity contribution in [3.8, 4) is 17.2 Å². The maximum atomic E-state index is 12.7. The number of methoxy groups -OCH3 is 1. The first kappa shape index (κ1) is 15.8. The molecule has 1 aromatic heterocycles. The van der Waals surface area contributed by atoms with Crippen molar-refractivity contribution in [1.82, 2.24) is 10.2 Å². The Morgan fingerprint density at radius 3 is 2.38 bits per heavy atom. The van der Waals surface area contributed by atoms with Crippen LogP contribution in [-0.2, 0) is 0 Å². The summed E-state index contributed by atoms with van der Waals surface area (Å²) in [6.45, 7) is 0. The molecule has 4 aromatic rings. The topological polar surface area (TPSA) is 77.2 Å². The molecular formula is C20H15N3O3. The molecule has 1 amide bonds. The Balaban J connectivity index is 1.62. The van der Waals surface area contributed by atoms with Gasteiger partial charge in [-0.3, -0.25) is 10.1 Å². The lowest BCUT2D eigenvalue weighted by atomic mass is 10.1. The number of hydrogen-bond donors (Lipinski definition) is 1. The molecule has 0 spiro atoms. The number of carbonyl (C=O) groups is 1. The van der Waals surface area contributed by atoms with Crippen molar-refractivity contribution in [2.24, 2.45) is 0 Å². The highest BCUT2D eigenvalue weighted by Crippen LogP contribution is 2.27. The summed E-state index contributed by atoms with van der Waals surface area (Å²) in [4.78, 5) is 12.7. The first-order valence-electron chi connectivity index (χ1n) is 8.01. The van der Waals surface area contributed by atoms with Gasteiger partial charge >= 0.3 is 6.01 Å². The minimum absolute atomic E-state index is 0.0315. The number of rotatable bonds is 4. The van der Waals surface area contributed by atoms with Crippen molar-refractivity contribution >= 4 is 22.7 Å². The molecule has 0 fully saturated rings. The lowest BCUT2D eigenvalue weighted by Gasteiger charge is -2.09. The summed E-state index contributed by atoms with van der Waals surface area (Å²) in [5.74, 6) is 0.436. The van der Waals surface area contributed by atoms with Crippen LogP contribution in [0.25, 0.3) is 22.2 Å². The zero-order valence-corrected chi connectivity index (χ0v) is 14.0. The molecule has 0 aliphatic carbocycles. The van der Waals surface area contributed by atoms with E-state index in [2.05, 4.69) is 15.5 Å². The molecule has 0 aliphatic rings. The highest BCUT2D eigenvalue weighted by molar-refractivity contribution is 6.07. The number of hydrogen-bond acceptors (Lipinski definition) is 5. The Morgan fingerprint density at radius 2 is 1.65 bits per heavy atom. The second-order valence-corrected chi connectivity index (χ2v) is 5.63. The lowest BCUT2D eigenvalue weighted by molar-refractivity contribution is 0.102. The molecule has 0 aliphatic heterocycles. The minimum Gasteiger partial charge on any atom is -0.496 e. The number of aromatic nitrogens is 2. The Hall–Kier alpha value is -3.67. The van der Waals surface area contributed by atoms with E-state index in [4.69, 9.17) is 9.15 Å². The number of ether oxygens (including phenoxy) is 1. The van der Waals surface area contributed by atoms with E-state index in [9.17, 15) is 4.79 Å². The van der Waals surface area contributed by atoms with Gasteiger partial charge in [-0.05, 0) is 35.0 Å². The second-order valence-electron chi connectivity index (χ2n) is 5.63. The van der Waals surface area contributed by atoms with Crippen LogP contribution in [0.3, 0.4) is 0 Å². The van der Waals surface area contributed by atoms with Crippen LogP contribution >= 0.6 is 0 Å². The van der Waals surface area contributed by atoms with E-state index in [0.717, 1.165) is 16.3 Å². The number of fused-ring (bicyclic) bond motifs is 1. The van der Waals surface area contributed by atoms with Crippen molar-refractivity contribution < 1.29 is 13.9 Å². The molecule has 128 valence electrons. The van der Waals surface area contributed by atoms with Gasteiger partial charge in [-0.1, -0.05) is 47.6 Å². The van der Waals surface area contributed by atoms with Gasteiger partial charge in [-0.2, -0.15) is 0 Å². The number of nitrogens with zero attached hydrogens (tertiary/aromatic N) is 2. The average Bonchev–Trinajstić information content (AvgIpc) is 3.16. The predicted molar refractivity (Wildman–Crippen MR) is 98.2 cm³/mol. The van der Waals surface area contributed by atoms with Crippen LogP contribution in [0.2, 0.25) is 0 Å². The highest BCUT2D eigenvalue weighted by atomic mass is 16.5. The fourth-order valence-electron chi connectivity index (χ4n) is 2.70. The molecular weight excluding hydrogens is 330 g/mol. The summed E-state index contributed by atoms with van der Waals surface area (Å²) >= 11 is 0. The van der Waals surface area contributed by atoms with Crippen LogP contribution in [0.4, 0.5) is 6.01 Å². The van der Waals surface area contributed by atoms with Gasteiger partial charge in [0.2, 0.25) is 5.89 Å².